The van der Waals surface area contributed by atoms with E-state index in [9.17, 15) is 18.3 Å². The second kappa shape index (κ2) is 9.40. The molecule has 0 amide bonds. The average Bonchev–Trinajstić information content (AvgIpc) is 3.38. The lowest BCUT2D eigenvalue weighted by atomic mass is 10.0. The lowest BCUT2D eigenvalue weighted by Gasteiger charge is -2.16. The van der Waals surface area contributed by atoms with Gasteiger partial charge in [-0.1, -0.05) is 6.07 Å². The van der Waals surface area contributed by atoms with Gasteiger partial charge < -0.3 is 19.6 Å². The molecular weight excluding hydrogens is 456 g/mol. The van der Waals surface area contributed by atoms with Crippen molar-refractivity contribution in [3.05, 3.63) is 89.8 Å². The van der Waals surface area contributed by atoms with E-state index in [2.05, 4.69) is 10.3 Å². The van der Waals surface area contributed by atoms with Gasteiger partial charge in [-0.25, -0.2) is 18.2 Å². The molecule has 2 aromatic heterocycles. The highest BCUT2D eigenvalue weighted by Gasteiger charge is 2.23. The van der Waals surface area contributed by atoms with Crippen LogP contribution in [0.2, 0.25) is 0 Å². The minimum absolute atomic E-state index is 0.0508. The summed E-state index contributed by atoms with van der Waals surface area (Å²) in [6, 6.07) is 16.1. The summed E-state index contributed by atoms with van der Waals surface area (Å²) in [6.45, 7) is 1.83. The van der Waals surface area contributed by atoms with Gasteiger partial charge in [-0.2, -0.15) is 0 Å². The molecule has 0 saturated carbocycles. The van der Waals surface area contributed by atoms with E-state index in [4.69, 9.17) is 9.15 Å². The molecule has 2 aromatic carbocycles. The molecule has 0 fully saturated rings. The van der Waals surface area contributed by atoms with Crippen LogP contribution in [0.4, 0.5) is 5.69 Å². The van der Waals surface area contributed by atoms with Crippen LogP contribution in [-0.2, 0) is 16.4 Å². The summed E-state index contributed by atoms with van der Waals surface area (Å²) in [4.78, 5) is 16.2. The molecule has 8 nitrogen and oxygen atoms in total. The number of methoxy groups -OCH3 is 1. The maximum atomic E-state index is 13.2. The van der Waals surface area contributed by atoms with Crippen molar-refractivity contribution in [2.24, 2.45) is 0 Å². The van der Waals surface area contributed by atoms with E-state index in [0.717, 1.165) is 0 Å². The topological polar surface area (TPSA) is 119 Å². The smallest absolute Gasteiger partial charge is 0.337 e. The first-order valence-electron chi connectivity index (χ1n) is 10.3. The minimum Gasteiger partial charge on any atom is -0.497 e. The predicted molar refractivity (Wildman–Crippen MR) is 126 cm³/mol. The highest BCUT2D eigenvalue weighted by atomic mass is 32.2. The summed E-state index contributed by atoms with van der Waals surface area (Å²) in [6.07, 6.45) is 2.93. The number of nitrogens with one attached hydrogen (secondary N) is 1. The van der Waals surface area contributed by atoms with E-state index < -0.39 is 15.8 Å². The molecule has 174 valence electrons. The van der Waals surface area contributed by atoms with Gasteiger partial charge in [-0.05, 0) is 67.1 Å². The number of anilines is 1. The number of aryl methyl sites for hydroxylation is 1. The normalized spacial score (nSPS) is 11.2. The van der Waals surface area contributed by atoms with E-state index in [1.165, 1.54) is 37.8 Å². The van der Waals surface area contributed by atoms with E-state index in [1.807, 2.05) is 6.07 Å². The Balaban J connectivity index is 1.67. The van der Waals surface area contributed by atoms with Gasteiger partial charge in [0.25, 0.3) is 0 Å². The fourth-order valence-electron chi connectivity index (χ4n) is 3.63. The number of aromatic carboxylic acids is 1. The predicted octanol–water partition coefficient (Wildman–Crippen LogP) is 4.80. The number of nitrogens with zero attached hydrogens (tertiary/aromatic N) is 1. The van der Waals surface area contributed by atoms with Crippen molar-refractivity contribution < 1.29 is 27.5 Å². The molecule has 0 aliphatic heterocycles. The fourth-order valence-corrected chi connectivity index (χ4v) is 5.03. The van der Waals surface area contributed by atoms with Gasteiger partial charge in [0.05, 0.1) is 29.5 Å². The van der Waals surface area contributed by atoms with Crippen molar-refractivity contribution >= 4 is 21.5 Å². The Morgan fingerprint density at radius 2 is 1.88 bits per heavy atom. The SMILES string of the molecule is COc1ccc(S(=O)(=O)c2ncccc2CNc2c(C)cc(-c3ccco3)cc2C(=O)O)cc1. The van der Waals surface area contributed by atoms with Crippen molar-refractivity contribution in [3.63, 3.8) is 0 Å². The highest BCUT2D eigenvalue weighted by molar-refractivity contribution is 7.91. The van der Waals surface area contributed by atoms with E-state index in [0.29, 0.717) is 33.9 Å². The van der Waals surface area contributed by atoms with Crippen molar-refractivity contribution in [2.75, 3.05) is 12.4 Å². The number of sulfone groups is 1. The Labute approximate surface area is 196 Å². The second-order valence-electron chi connectivity index (χ2n) is 7.50. The number of rotatable bonds is 8. The van der Waals surface area contributed by atoms with Crippen LogP contribution in [0.5, 0.6) is 5.75 Å². The maximum absolute atomic E-state index is 13.2. The van der Waals surface area contributed by atoms with E-state index in [-0.39, 0.29) is 22.0 Å². The minimum atomic E-state index is -3.91. The number of hydrogen-bond acceptors (Lipinski definition) is 7. The Hall–Kier alpha value is -4.11. The lowest BCUT2D eigenvalue weighted by molar-refractivity contribution is 0.0698. The number of ether oxygens (including phenoxy) is 1. The van der Waals surface area contributed by atoms with Crippen LogP contribution in [0.1, 0.15) is 21.5 Å². The van der Waals surface area contributed by atoms with Crippen LogP contribution in [0, 0.1) is 6.92 Å². The van der Waals surface area contributed by atoms with Crippen LogP contribution in [-0.4, -0.2) is 31.6 Å². The molecule has 4 rings (SSSR count). The molecule has 0 aliphatic carbocycles. The Morgan fingerprint density at radius 1 is 1.12 bits per heavy atom. The van der Waals surface area contributed by atoms with Crippen molar-refractivity contribution in [1.29, 1.82) is 0 Å². The summed E-state index contributed by atoms with van der Waals surface area (Å²) in [5, 5.41) is 12.8. The van der Waals surface area contributed by atoms with Gasteiger partial charge in [0, 0.05) is 23.9 Å². The van der Waals surface area contributed by atoms with Crippen LogP contribution >= 0.6 is 0 Å². The third-order valence-corrected chi connectivity index (χ3v) is 7.07. The van der Waals surface area contributed by atoms with Crippen LogP contribution in [0.3, 0.4) is 0 Å². The van der Waals surface area contributed by atoms with Crippen LogP contribution in [0.15, 0.2) is 87.5 Å². The van der Waals surface area contributed by atoms with Crippen molar-refractivity contribution in [2.45, 2.75) is 23.4 Å². The molecule has 0 aliphatic rings. The molecule has 0 bridgehead atoms. The maximum Gasteiger partial charge on any atom is 0.337 e. The lowest BCUT2D eigenvalue weighted by Crippen LogP contribution is -2.13. The van der Waals surface area contributed by atoms with Crippen molar-refractivity contribution in [1.82, 2.24) is 4.98 Å². The number of benzene rings is 2. The molecule has 0 radical (unpaired) electrons. The number of furan rings is 1. The summed E-state index contributed by atoms with van der Waals surface area (Å²) in [7, 11) is -2.41. The summed E-state index contributed by atoms with van der Waals surface area (Å²) >= 11 is 0. The summed E-state index contributed by atoms with van der Waals surface area (Å²) in [5.41, 5.74) is 2.16. The van der Waals surface area contributed by atoms with Gasteiger partial charge in [0.2, 0.25) is 9.84 Å². The fraction of sp³-hybridized carbons (Fsp3) is 0.120. The molecule has 2 heterocycles. The van der Waals surface area contributed by atoms with Gasteiger partial charge >= 0.3 is 5.97 Å². The van der Waals surface area contributed by atoms with Crippen LogP contribution in [0.25, 0.3) is 11.3 Å². The number of aromatic nitrogens is 1. The Morgan fingerprint density at radius 3 is 2.53 bits per heavy atom. The number of pyridine rings is 1. The van der Waals surface area contributed by atoms with E-state index >= 15 is 0 Å². The first kappa shape index (κ1) is 23.1. The van der Waals surface area contributed by atoms with Gasteiger partial charge in [0.15, 0.2) is 5.03 Å². The molecular formula is C25H22N2O6S. The number of carboxylic acid groups (broad SMARTS) is 1. The molecule has 2 N–H and O–H groups in total. The first-order valence-corrected chi connectivity index (χ1v) is 11.8. The summed E-state index contributed by atoms with van der Waals surface area (Å²) < 4.78 is 37.0. The summed E-state index contributed by atoms with van der Waals surface area (Å²) in [5.74, 6) is -0.0231. The van der Waals surface area contributed by atoms with Crippen LogP contribution < -0.4 is 10.1 Å². The Kier molecular flexibility index (Phi) is 6.38. The zero-order valence-corrected chi connectivity index (χ0v) is 19.3. The average molecular weight is 479 g/mol. The molecule has 0 atom stereocenters. The number of carboxylic acids is 1. The second-order valence-corrected chi connectivity index (χ2v) is 9.36. The largest absolute Gasteiger partial charge is 0.497 e. The Bertz CT molecular complexity index is 1430. The quantitative estimate of drug-likeness (QED) is 0.371. The third kappa shape index (κ3) is 4.51. The van der Waals surface area contributed by atoms with Gasteiger partial charge in [-0.3, -0.25) is 0 Å². The van der Waals surface area contributed by atoms with Gasteiger partial charge in [0.1, 0.15) is 11.5 Å². The number of hydrogen-bond donors (Lipinski definition) is 2. The molecule has 34 heavy (non-hydrogen) atoms. The van der Waals surface area contributed by atoms with Gasteiger partial charge in [-0.15, -0.1) is 0 Å². The first-order chi connectivity index (χ1) is 16.3. The molecule has 0 saturated heterocycles. The number of carbonyl (C=O) groups is 1. The molecule has 0 spiro atoms. The standard InChI is InChI=1S/C25H22N2O6S/c1-16-13-18(22-6-4-12-33-22)14-21(25(28)29)23(16)27-15-17-5-3-11-26-24(17)34(30,31)20-9-7-19(32-2)8-10-20/h3-14,27H,15H2,1-2H3,(H,28,29). The zero-order chi connectivity index (χ0) is 24.3. The zero-order valence-electron chi connectivity index (χ0n) is 18.5. The third-order valence-electron chi connectivity index (χ3n) is 5.30. The molecule has 4 aromatic rings. The monoisotopic (exact) mass is 478 g/mol. The highest BCUT2D eigenvalue weighted by Crippen LogP contribution is 2.31. The van der Waals surface area contributed by atoms with Crippen molar-refractivity contribution in [3.8, 4) is 17.1 Å². The molecule has 9 heteroatoms. The van der Waals surface area contributed by atoms with E-state index in [1.54, 1.807) is 43.3 Å². The molecule has 0 unspecified atom stereocenters.